The number of rotatable bonds is 4. The molecule has 0 heterocycles. The van der Waals surface area contributed by atoms with Crippen molar-refractivity contribution in [3.8, 4) is 0 Å². The van der Waals surface area contributed by atoms with Crippen molar-refractivity contribution in [1.29, 1.82) is 0 Å². The lowest BCUT2D eigenvalue weighted by atomic mass is 10.2. The van der Waals surface area contributed by atoms with Gasteiger partial charge in [-0.3, -0.25) is 9.63 Å². The van der Waals surface area contributed by atoms with E-state index in [1.165, 1.54) is 39.3 Å². The fourth-order valence-electron chi connectivity index (χ4n) is 1.29. The smallest absolute Gasteiger partial charge is 0.274 e. The molecule has 5 nitrogen and oxygen atoms in total. The van der Waals surface area contributed by atoms with Crippen LogP contribution in [0.1, 0.15) is 17.3 Å². The zero-order valence-electron chi connectivity index (χ0n) is 10.3. The maximum atomic E-state index is 11.8. The van der Waals surface area contributed by atoms with E-state index >= 15 is 0 Å². The molecule has 0 N–H and O–H groups in total. The van der Waals surface area contributed by atoms with Crippen molar-refractivity contribution in [2.75, 3.05) is 19.9 Å². The van der Waals surface area contributed by atoms with Gasteiger partial charge in [0.25, 0.3) is 5.91 Å². The Morgan fingerprint density at radius 1 is 1.44 bits per heavy atom. The van der Waals surface area contributed by atoms with E-state index in [0.717, 1.165) is 5.06 Å². The molecule has 1 amide bonds. The van der Waals surface area contributed by atoms with Gasteiger partial charge in [0.2, 0.25) is 0 Å². The molecular formula is C11H14ClNO4S. The summed E-state index contributed by atoms with van der Waals surface area (Å²) in [5.41, 5.74) is 0.204. The van der Waals surface area contributed by atoms with Crippen LogP contribution in [0.5, 0.6) is 0 Å². The Bertz CT molecular complexity index is 556. The number of sulfone groups is 1. The standard InChI is InChI=1S/C11H14ClNO4S/c1-4-18(15,16)10-7-8(5-6-9(10)12)11(14)13(2)17-3/h5-7H,4H2,1-3H3. The molecule has 0 atom stereocenters. The van der Waals surface area contributed by atoms with Crippen molar-refractivity contribution in [1.82, 2.24) is 5.06 Å². The quantitative estimate of drug-likeness (QED) is 0.793. The maximum Gasteiger partial charge on any atom is 0.277 e. The molecule has 0 unspecified atom stereocenters. The van der Waals surface area contributed by atoms with Crippen LogP contribution >= 0.6 is 11.6 Å². The third-order valence-corrected chi connectivity index (χ3v) is 4.66. The number of carbonyl (C=O) groups excluding carboxylic acids is 1. The molecule has 0 aromatic heterocycles. The number of halogens is 1. The minimum atomic E-state index is -3.46. The fourth-order valence-corrected chi connectivity index (χ4v) is 2.75. The molecule has 0 aliphatic rings. The highest BCUT2D eigenvalue weighted by Crippen LogP contribution is 2.24. The third-order valence-electron chi connectivity index (χ3n) is 2.45. The Kier molecular flexibility index (Phi) is 4.72. The summed E-state index contributed by atoms with van der Waals surface area (Å²) in [6.07, 6.45) is 0. The largest absolute Gasteiger partial charge is 0.277 e. The summed E-state index contributed by atoms with van der Waals surface area (Å²) in [5.74, 6) is -0.522. The van der Waals surface area contributed by atoms with E-state index in [1.54, 1.807) is 0 Å². The zero-order valence-corrected chi connectivity index (χ0v) is 11.9. The summed E-state index contributed by atoms with van der Waals surface area (Å²) in [5, 5.41) is 1.11. The van der Waals surface area contributed by atoms with Gasteiger partial charge in [0.1, 0.15) is 0 Å². The van der Waals surface area contributed by atoms with Gasteiger partial charge in [0.05, 0.1) is 22.8 Å². The van der Waals surface area contributed by atoms with Gasteiger partial charge in [-0.15, -0.1) is 0 Å². The van der Waals surface area contributed by atoms with E-state index in [4.69, 9.17) is 16.4 Å². The van der Waals surface area contributed by atoms with Gasteiger partial charge in [-0.1, -0.05) is 18.5 Å². The highest BCUT2D eigenvalue weighted by atomic mass is 35.5. The van der Waals surface area contributed by atoms with Gasteiger partial charge in [-0.25, -0.2) is 13.5 Å². The number of benzene rings is 1. The van der Waals surface area contributed by atoms with Crippen molar-refractivity contribution in [3.63, 3.8) is 0 Å². The molecule has 1 aromatic carbocycles. The van der Waals surface area contributed by atoms with Gasteiger partial charge in [0.15, 0.2) is 9.84 Å². The fraction of sp³-hybridized carbons (Fsp3) is 0.364. The summed E-state index contributed by atoms with van der Waals surface area (Å²) in [4.78, 5) is 16.5. The third kappa shape index (κ3) is 3.01. The lowest BCUT2D eigenvalue weighted by Gasteiger charge is -2.14. The first-order valence-electron chi connectivity index (χ1n) is 5.18. The first kappa shape index (κ1) is 14.9. The van der Waals surface area contributed by atoms with Crippen LogP contribution < -0.4 is 0 Å². The van der Waals surface area contributed by atoms with Crippen LogP contribution in [0, 0.1) is 0 Å². The Hall–Kier alpha value is -1.11. The van der Waals surface area contributed by atoms with Crippen molar-refractivity contribution in [2.45, 2.75) is 11.8 Å². The SMILES string of the molecule is CCS(=O)(=O)c1cc(C(=O)N(C)OC)ccc1Cl. The van der Waals surface area contributed by atoms with Crippen LogP contribution in [0.4, 0.5) is 0 Å². The van der Waals surface area contributed by atoms with Crippen molar-refractivity contribution in [2.24, 2.45) is 0 Å². The van der Waals surface area contributed by atoms with Crippen LogP contribution in [0.3, 0.4) is 0 Å². The number of hydrogen-bond donors (Lipinski definition) is 0. The molecule has 0 saturated carbocycles. The van der Waals surface area contributed by atoms with Gasteiger partial charge in [0, 0.05) is 12.6 Å². The Morgan fingerprint density at radius 3 is 2.56 bits per heavy atom. The second-order valence-corrected chi connectivity index (χ2v) is 6.19. The molecule has 0 saturated heterocycles. The van der Waals surface area contributed by atoms with Crippen LogP contribution in [-0.2, 0) is 14.7 Å². The Morgan fingerprint density at radius 2 is 2.06 bits per heavy atom. The molecule has 7 heteroatoms. The summed E-state index contributed by atoms with van der Waals surface area (Å²) in [6, 6.07) is 4.11. The predicted octanol–water partition coefficient (Wildman–Crippen LogP) is 1.77. The summed E-state index contributed by atoms with van der Waals surface area (Å²) < 4.78 is 23.6. The van der Waals surface area contributed by atoms with E-state index in [9.17, 15) is 13.2 Å². The van der Waals surface area contributed by atoms with Crippen LogP contribution in [0.2, 0.25) is 5.02 Å². The highest BCUT2D eigenvalue weighted by molar-refractivity contribution is 7.91. The topological polar surface area (TPSA) is 63.7 Å². The average molecular weight is 292 g/mol. The van der Waals surface area contributed by atoms with Crippen molar-refractivity contribution >= 4 is 27.3 Å². The highest BCUT2D eigenvalue weighted by Gasteiger charge is 2.19. The second kappa shape index (κ2) is 5.69. The van der Waals surface area contributed by atoms with Gasteiger partial charge in [-0.05, 0) is 18.2 Å². The normalized spacial score (nSPS) is 11.3. The maximum absolute atomic E-state index is 11.8. The van der Waals surface area contributed by atoms with Crippen LogP contribution in [-0.4, -0.2) is 39.3 Å². The molecule has 0 bridgehead atoms. The minimum Gasteiger partial charge on any atom is -0.274 e. The van der Waals surface area contributed by atoms with E-state index in [1.807, 2.05) is 0 Å². The van der Waals surface area contributed by atoms with Crippen molar-refractivity contribution < 1.29 is 18.0 Å². The molecule has 0 radical (unpaired) electrons. The van der Waals surface area contributed by atoms with Gasteiger partial charge >= 0.3 is 0 Å². The summed E-state index contributed by atoms with van der Waals surface area (Å²) >= 11 is 5.84. The Labute approximate surface area is 111 Å². The molecule has 0 aliphatic carbocycles. The zero-order chi connectivity index (χ0) is 13.9. The summed E-state index contributed by atoms with van der Waals surface area (Å²) in [6.45, 7) is 1.52. The predicted molar refractivity (Wildman–Crippen MR) is 68.3 cm³/mol. The number of hydrogen-bond acceptors (Lipinski definition) is 4. The molecule has 1 aromatic rings. The average Bonchev–Trinajstić information content (AvgIpc) is 2.37. The number of carbonyl (C=O) groups is 1. The lowest BCUT2D eigenvalue weighted by molar-refractivity contribution is -0.0757. The van der Waals surface area contributed by atoms with E-state index < -0.39 is 15.7 Å². The van der Waals surface area contributed by atoms with E-state index in [-0.39, 0.29) is 21.2 Å². The molecule has 100 valence electrons. The lowest BCUT2D eigenvalue weighted by Crippen LogP contribution is -2.25. The van der Waals surface area contributed by atoms with Gasteiger partial charge < -0.3 is 0 Å². The first-order chi connectivity index (χ1) is 8.33. The van der Waals surface area contributed by atoms with Crippen LogP contribution in [0.25, 0.3) is 0 Å². The van der Waals surface area contributed by atoms with Gasteiger partial charge in [-0.2, -0.15) is 0 Å². The second-order valence-electron chi connectivity index (χ2n) is 3.53. The summed E-state index contributed by atoms with van der Waals surface area (Å²) in [7, 11) is -0.681. The molecule has 0 fully saturated rings. The minimum absolute atomic E-state index is 0.0398. The molecular weight excluding hydrogens is 278 g/mol. The van der Waals surface area contributed by atoms with Crippen LogP contribution in [0.15, 0.2) is 23.1 Å². The van der Waals surface area contributed by atoms with E-state index in [2.05, 4.69) is 0 Å². The number of amides is 1. The molecule has 18 heavy (non-hydrogen) atoms. The molecule has 0 spiro atoms. The Balaban J connectivity index is 3.29. The van der Waals surface area contributed by atoms with E-state index in [0.29, 0.717) is 0 Å². The van der Waals surface area contributed by atoms with Crippen molar-refractivity contribution in [3.05, 3.63) is 28.8 Å². The number of hydroxylamine groups is 2. The molecule has 1 rings (SSSR count). The first-order valence-corrected chi connectivity index (χ1v) is 7.21. The molecule has 0 aliphatic heterocycles. The monoisotopic (exact) mass is 291 g/mol. The number of nitrogens with zero attached hydrogens (tertiary/aromatic N) is 1.